The van der Waals surface area contributed by atoms with Crippen LogP contribution in [0, 0.1) is 0 Å². The predicted molar refractivity (Wildman–Crippen MR) is 40.1 cm³/mol. The van der Waals surface area contributed by atoms with Crippen LogP contribution < -0.4 is 10.6 Å². The van der Waals surface area contributed by atoms with Crippen LogP contribution in [-0.2, 0) is 0 Å². The number of fused-ring (bicyclic) bond motifs is 1. The Bertz CT molecular complexity index is 375. The summed E-state index contributed by atoms with van der Waals surface area (Å²) in [5, 5.41) is 0. The lowest BCUT2D eigenvalue weighted by Gasteiger charge is -1.98. The molecule has 0 aliphatic rings. The SMILES string of the molecule is COn1ccn2cnc(N)c12. The number of nitrogens with zero attached hydrogens (tertiary/aromatic N) is 3. The fourth-order valence-electron chi connectivity index (χ4n) is 1.06. The fourth-order valence-corrected chi connectivity index (χ4v) is 1.06. The number of anilines is 1. The Kier molecular flexibility index (Phi) is 1.06. The summed E-state index contributed by atoms with van der Waals surface area (Å²) in [5.41, 5.74) is 6.32. The van der Waals surface area contributed by atoms with Gasteiger partial charge in [0.1, 0.15) is 13.4 Å². The monoisotopic (exact) mass is 152 g/mol. The number of hydrogen-bond donors (Lipinski definition) is 1. The summed E-state index contributed by atoms with van der Waals surface area (Å²) >= 11 is 0. The van der Waals surface area contributed by atoms with Gasteiger partial charge in [0, 0.05) is 6.20 Å². The minimum atomic E-state index is 0.469. The van der Waals surface area contributed by atoms with E-state index >= 15 is 0 Å². The summed E-state index contributed by atoms with van der Waals surface area (Å²) < 4.78 is 3.35. The van der Waals surface area contributed by atoms with Gasteiger partial charge in [0.2, 0.25) is 0 Å². The van der Waals surface area contributed by atoms with Gasteiger partial charge < -0.3 is 10.6 Å². The molecular formula is C6H8N4O. The normalized spacial score (nSPS) is 10.6. The second-order valence-corrected chi connectivity index (χ2v) is 2.17. The summed E-state index contributed by atoms with van der Waals surface area (Å²) in [6, 6.07) is 0. The molecule has 0 atom stereocenters. The first kappa shape index (κ1) is 6.09. The van der Waals surface area contributed by atoms with Crippen LogP contribution in [0.15, 0.2) is 18.7 Å². The molecule has 0 aromatic carbocycles. The molecule has 0 radical (unpaired) electrons. The van der Waals surface area contributed by atoms with Gasteiger partial charge in [-0.1, -0.05) is 0 Å². The molecule has 5 heteroatoms. The standard InChI is InChI=1S/C6H8N4O/c1-11-10-3-2-9-4-8-5(7)6(9)10/h2-4H,7H2,1H3. The van der Waals surface area contributed by atoms with Crippen LogP contribution in [0.2, 0.25) is 0 Å². The summed E-state index contributed by atoms with van der Waals surface area (Å²) in [6.07, 6.45) is 5.23. The van der Waals surface area contributed by atoms with Crippen LogP contribution in [0.25, 0.3) is 5.65 Å². The largest absolute Gasteiger partial charge is 0.415 e. The van der Waals surface area contributed by atoms with Crippen LogP contribution in [0.5, 0.6) is 0 Å². The maximum atomic E-state index is 5.56. The van der Waals surface area contributed by atoms with Crippen molar-refractivity contribution in [2.75, 3.05) is 12.8 Å². The van der Waals surface area contributed by atoms with Crippen molar-refractivity contribution in [1.82, 2.24) is 14.1 Å². The van der Waals surface area contributed by atoms with Gasteiger partial charge in [0.15, 0.2) is 11.5 Å². The Labute approximate surface area is 63.0 Å². The third-order valence-corrected chi connectivity index (χ3v) is 1.56. The van der Waals surface area contributed by atoms with Gasteiger partial charge in [-0.2, -0.15) is 4.73 Å². The van der Waals surface area contributed by atoms with Gasteiger partial charge in [-0.3, -0.25) is 4.40 Å². The highest BCUT2D eigenvalue weighted by molar-refractivity contribution is 5.60. The molecule has 0 saturated carbocycles. The van der Waals surface area contributed by atoms with E-state index in [9.17, 15) is 0 Å². The van der Waals surface area contributed by atoms with Crippen molar-refractivity contribution in [2.24, 2.45) is 0 Å². The number of nitrogen functional groups attached to an aromatic ring is 1. The molecule has 0 saturated heterocycles. The van der Waals surface area contributed by atoms with E-state index in [4.69, 9.17) is 10.6 Å². The van der Waals surface area contributed by atoms with E-state index in [1.165, 1.54) is 0 Å². The predicted octanol–water partition coefficient (Wildman–Crippen LogP) is -0.224. The third-order valence-electron chi connectivity index (χ3n) is 1.56. The molecule has 2 N–H and O–H groups in total. The summed E-state index contributed by atoms with van der Waals surface area (Å²) in [5.74, 6) is 0.469. The zero-order valence-corrected chi connectivity index (χ0v) is 6.06. The Morgan fingerprint density at radius 1 is 1.55 bits per heavy atom. The van der Waals surface area contributed by atoms with E-state index in [1.54, 1.807) is 28.8 Å². The maximum absolute atomic E-state index is 5.56. The van der Waals surface area contributed by atoms with Crippen LogP contribution >= 0.6 is 0 Å². The van der Waals surface area contributed by atoms with E-state index in [-0.39, 0.29) is 0 Å². The van der Waals surface area contributed by atoms with Crippen molar-refractivity contribution in [3.8, 4) is 0 Å². The number of rotatable bonds is 1. The molecule has 0 amide bonds. The van der Waals surface area contributed by atoms with Crippen LogP contribution in [0.1, 0.15) is 0 Å². The first-order chi connectivity index (χ1) is 5.33. The molecule has 0 aliphatic carbocycles. The average molecular weight is 152 g/mol. The van der Waals surface area contributed by atoms with E-state index in [2.05, 4.69) is 4.98 Å². The van der Waals surface area contributed by atoms with Crippen molar-refractivity contribution in [2.45, 2.75) is 0 Å². The van der Waals surface area contributed by atoms with E-state index in [1.807, 2.05) is 6.20 Å². The zero-order valence-electron chi connectivity index (χ0n) is 6.06. The average Bonchev–Trinajstić information content (AvgIpc) is 2.54. The Hall–Kier alpha value is -1.65. The first-order valence-corrected chi connectivity index (χ1v) is 3.17. The van der Waals surface area contributed by atoms with Crippen LogP contribution in [0.4, 0.5) is 5.82 Å². The minimum absolute atomic E-state index is 0.469. The lowest BCUT2D eigenvalue weighted by molar-refractivity contribution is 0.178. The van der Waals surface area contributed by atoms with Crippen molar-refractivity contribution in [3.05, 3.63) is 18.7 Å². The minimum Gasteiger partial charge on any atom is -0.415 e. The molecule has 0 aliphatic heterocycles. The van der Waals surface area contributed by atoms with Gasteiger partial charge in [0.25, 0.3) is 0 Å². The third kappa shape index (κ3) is 0.674. The Morgan fingerprint density at radius 2 is 2.36 bits per heavy atom. The highest BCUT2D eigenvalue weighted by Crippen LogP contribution is 2.10. The molecule has 2 aromatic rings. The molecule has 0 fully saturated rings. The van der Waals surface area contributed by atoms with Crippen molar-refractivity contribution in [3.63, 3.8) is 0 Å². The van der Waals surface area contributed by atoms with Crippen LogP contribution in [0.3, 0.4) is 0 Å². The number of hydrogen-bond acceptors (Lipinski definition) is 3. The smallest absolute Gasteiger partial charge is 0.196 e. The summed E-state index contributed by atoms with van der Waals surface area (Å²) in [7, 11) is 1.58. The van der Waals surface area contributed by atoms with E-state index in [0.29, 0.717) is 5.82 Å². The highest BCUT2D eigenvalue weighted by Gasteiger charge is 2.04. The van der Waals surface area contributed by atoms with Gasteiger partial charge in [-0.25, -0.2) is 4.98 Å². The second kappa shape index (κ2) is 1.91. The molecule has 0 unspecified atom stereocenters. The Morgan fingerprint density at radius 3 is 3.09 bits per heavy atom. The Balaban J connectivity index is 2.80. The molecule has 11 heavy (non-hydrogen) atoms. The highest BCUT2D eigenvalue weighted by atomic mass is 16.6. The van der Waals surface area contributed by atoms with Crippen molar-refractivity contribution < 1.29 is 4.84 Å². The van der Waals surface area contributed by atoms with E-state index in [0.717, 1.165) is 5.65 Å². The fraction of sp³-hybridized carbons (Fsp3) is 0.167. The molecule has 0 bridgehead atoms. The maximum Gasteiger partial charge on any atom is 0.196 e. The van der Waals surface area contributed by atoms with Gasteiger partial charge in [-0.15, -0.1) is 0 Å². The number of nitrogens with two attached hydrogens (primary N) is 1. The van der Waals surface area contributed by atoms with Crippen LogP contribution in [-0.4, -0.2) is 21.2 Å². The van der Waals surface area contributed by atoms with Gasteiger partial charge in [-0.05, 0) is 0 Å². The summed E-state index contributed by atoms with van der Waals surface area (Å²) in [6.45, 7) is 0. The molecule has 5 nitrogen and oxygen atoms in total. The number of aromatic nitrogens is 3. The molecule has 2 rings (SSSR count). The zero-order chi connectivity index (χ0) is 7.84. The topological polar surface area (TPSA) is 57.5 Å². The number of imidazole rings is 2. The molecule has 58 valence electrons. The van der Waals surface area contributed by atoms with E-state index < -0.39 is 0 Å². The lowest BCUT2D eigenvalue weighted by atomic mass is 10.7. The first-order valence-electron chi connectivity index (χ1n) is 3.17. The van der Waals surface area contributed by atoms with Gasteiger partial charge >= 0.3 is 0 Å². The molecule has 2 aromatic heterocycles. The lowest BCUT2D eigenvalue weighted by Crippen LogP contribution is -2.04. The van der Waals surface area contributed by atoms with Crippen molar-refractivity contribution >= 4 is 11.5 Å². The molecule has 0 spiro atoms. The molecule has 2 heterocycles. The quantitative estimate of drug-likeness (QED) is 0.614. The van der Waals surface area contributed by atoms with Crippen molar-refractivity contribution in [1.29, 1.82) is 0 Å². The summed E-state index contributed by atoms with van der Waals surface area (Å²) in [4.78, 5) is 8.89. The molecular weight excluding hydrogens is 144 g/mol. The second-order valence-electron chi connectivity index (χ2n) is 2.17. The van der Waals surface area contributed by atoms with Gasteiger partial charge in [0.05, 0.1) is 6.20 Å².